The zero-order valence-electron chi connectivity index (χ0n) is 15.6. The van der Waals surface area contributed by atoms with Crippen molar-refractivity contribution >= 4 is 21.8 Å². The Labute approximate surface area is 161 Å². The predicted molar refractivity (Wildman–Crippen MR) is 98.6 cm³/mol. The number of hydrogen-bond acceptors (Lipinski definition) is 4. The number of aromatic nitrogens is 2. The third-order valence-electron chi connectivity index (χ3n) is 4.74. The Morgan fingerprint density at radius 3 is 2.71 bits per heavy atom. The molecule has 1 aromatic heterocycles. The Kier molecular flexibility index (Phi) is 5.50. The standard InChI is InChI=1S/C17H21F2N5O3S/c1-4-24-9-12(10(2)21-24)15-8-16(23(3)28(26,27)22-15)17(25)20-14-6-5-11(18)7-13(14)19/h5-7,9,15-16,22H,4,8H2,1-3H3,(H,20,25)/t15-,16+/m1/s1. The lowest BCUT2D eigenvalue weighted by molar-refractivity contribution is -0.120. The normalized spacial score (nSPS) is 22.2. The largest absolute Gasteiger partial charge is 0.322 e. The first-order chi connectivity index (χ1) is 13.1. The van der Waals surface area contributed by atoms with Gasteiger partial charge < -0.3 is 5.32 Å². The number of amides is 1. The number of carbonyl (C=O) groups excluding carboxylic acids is 1. The lowest BCUT2D eigenvalue weighted by atomic mass is 10.00. The van der Waals surface area contributed by atoms with Gasteiger partial charge in [0.2, 0.25) is 5.91 Å². The van der Waals surface area contributed by atoms with E-state index in [0.29, 0.717) is 23.9 Å². The van der Waals surface area contributed by atoms with Gasteiger partial charge in [-0.2, -0.15) is 22.5 Å². The number of carbonyl (C=O) groups is 1. The molecule has 2 atom stereocenters. The minimum atomic E-state index is -3.94. The quantitative estimate of drug-likeness (QED) is 0.798. The third kappa shape index (κ3) is 3.91. The molecule has 2 N–H and O–H groups in total. The second kappa shape index (κ2) is 7.57. The van der Waals surface area contributed by atoms with E-state index in [1.54, 1.807) is 17.8 Å². The maximum Gasteiger partial charge on any atom is 0.280 e. The molecule has 0 spiro atoms. The van der Waals surface area contributed by atoms with Crippen molar-refractivity contribution in [2.75, 3.05) is 12.4 Å². The minimum absolute atomic E-state index is 0.126. The van der Waals surface area contributed by atoms with Gasteiger partial charge in [0.25, 0.3) is 10.2 Å². The number of halogens is 2. The first kappa shape index (κ1) is 20.4. The smallest absolute Gasteiger partial charge is 0.280 e. The van der Waals surface area contributed by atoms with Gasteiger partial charge in [-0.3, -0.25) is 9.48 Å². The second-order valence-corrected chi connectivity index (χ2v) is 8.34. The van der Waals surface area contributed by atoms with E-state index in [9.17, 15) is 22.0 Å². The van der Waals surface area contributed by atoms with Crippen LogP contribution in [0.15, 0.2) is 24.4 Å². The number of hydrogen-bond donors (Lipinski definition) is 2. The molecule has 0 saturated carbocycles. The van der Waals surface area contributed by atoms with Crippen molar-refractivity contribution in [3.05, 3.63) is 47.3 Å². The molecule has 1 amide bonds. The molecule has 0 radical (unpaired) electrons. The summed E-state index contributed by atoms with van der Waals surface area (Å²) in [6.07, 6.45) is 1.86. The molecule has 3 rings (SSSR count). The van der Waals surface area contributed by atoms with Gasteiger partial charge in [-0.1, -0.05) is 0 Å². The van der Waals surface area contributed by atoms with Crippen molar-refractivity contribution in [1.29, 1.82) is 0 Å². The van der Waals surface area contributed by atoms with Gasteiger partial charge in [-0.25, -0.2) is 8.78 Å². The SMILES string of the molecule is CCn1cc([C@H]2C[C@@H](C(=O)Nc3ccc(F)cc3F)N(C)S(=O)(=O)N2)c(C)n1. The van der Waals surface area contributed by atoms with Crippen LogP contribution in [-0.2, 0) is 21.5 Å². The fraction of sp³-hybridized carbons (Fsp3) is 0.412. The molecule has 0 bridgehead atoms. The Bertz CT molecular complexity index is 1010. The molecule has 28 heavy (non-hydrogen) atoms. The maximum absolute atomic E-state index is 13.9. The molecule has 11 heteroatoms. The van der Waals surface area contributed by atoms with Crippen LogP contribution in [0.3, 0.4) is 0 Å². The molecular weight excluding hydrogens is 392 g/mol. The highest BCUT2D eigenvalue weighted by molar-refractivity contribution is 7.87. The monoisotopic (exact) mass is 413 g/mol. The van der Waals surface area contributed by atoms with Gasteiger partial charge >= 0.3 is 0 Å². The average Bonchev–Trinajstić information content (AvgIpc) is 3.00. The minimum Gasteiger partial charge on any atom is -0.322 e. The molecular formula is C17H21F2N5O3S. The summed E-state index contributed by atoms with van der Waals surface area (Å²) in [6, 6.07) is 1.00. The number of likely N-dealkylation sites (N-methyl/N-ethyl adjacent to an activating group) is 1. The van der Waals surface area contributed by atoms with E-state index in [1.165, 1.54) is 7.05 Å². The lowest BCUT2D eigenvalue weighted by Gasteiger charge is -2.36. The summed E-state index contributed by atoms with van der Waals surface area (Å²) in [4.78, 5) is 12.7. The van der Waals surface area contributed by atoms with E-state index < -0.39 is 39.8 Å². The summed E-state index contributed by atoms with van der Waals surface area (Å²) < 4.78 is 57.1. The van der Waals surface area contributed by atoms with Crippen LogP contribution < -0.4 is 10.0 Å². The van der Waals surface area contributed by atoms with E-state index in [2.05, 4.69) is 15.1 Å². The van der Waals surface area contributed by atoms with Gasteiger partial charge in [0, 0.05) is 31.4 Å². The van der Waals surface area contributed by atoms with Crippen LogP contribution >= 0.6 is 0 Å². The van der Waals surface area contributed by atoms with Gasteiger partial charge in [-0.05, 0) is 32.4 Å². The lowest BCUT2D eigenvalue weighted by Crippen LogP contribution is -2.56. The van der Waals surface area contributed by atoms with Gasteiger partial charge in [-0.15, -0.1) is 0 Å². The van der Waals surface area contributed by atoms with Crippen molar-refractivity contribution < 1.29 is 22.0 Å². The van der Waals surface area contributed by atoms with E-state index in [0.717, 1.165) is 16.4 Å². The Balaban J connectivity index is 1.88. The van der Waals surface area contributed by atoms with E-state index in [4.69, 9.17) is 0 Å². The highest BCUT2D eigenvalue weighted by Gasteiger charge is 2.41. The number of benzene rings is 1. The van der Waals surface area contributed by atoms with Crippen molar-refractivity contribution in [1.82, 2.24) is 18.8 Å². The van der Waals surface area contributed by atoms with Crippen LogP contribution in [0.4, 0.5) is 14.5 Å². The fourth-order valence-electron chi connectivity index (χ4n) is 3.16. The molecule has 0 unspecified atom stereocenters. The zero-order valence-corrected chi connectivity index (χ0v) is 16.4. The fourth-order valence-corrected chi connectivity index (χ4v) is 4.42. The van der Waals surface area contributed by atoms with Crippen molar-refractivity contribution in [2.24, 2.45) is 0 Å². The highest BCUT2D eigenvalue weighted by atomic mass is 32.2. The summed E-state index contributed by atoms with van der Waals surface area (Å²) in [6.45, 7) is 4.29. The highest BCUT2D eigenvalue weighted by Crippen LogP contribution is 2.30. The van der Waals surface area contributed by atoms with Crippen LogP contribution in [0, 0.1) is 18.6 Å². The van der Waals surface area contributed by atoms with E-state index in [1.807, 2.05) is 6.92 Å². The summed E-state index contributed by atoms with van der Waals surface area (Å²) in [7, 11) is -2.67. The maximum atomic E-state index is 13.9. The third-order valence-corrected chi connectivity index (χ3v) is 6.34. The topological polar surface area (TPSA) is 96.3 Å². The molecule has 2 heterocycles. The second-order valence-electron chi connectivity index (χ2n) is 6.58. The molecule has 1 aliphatic rings. The number of nitrogens with one attached hydrogen (secondary N) is 2. The summed E-state index contributed by atoms with van der Waals surface area (Å²) in [5.41, 5.74) is 1.11. The van der Waals surface area contributed by atoms with Gasteiger partial charge in [0.1, 0.15) is 17.7 Å². The number of rotatable bonds is 4. The van der Waals surface area contributed by atoms with Crippen molar-refractivity contribution in [2.45, 2.75) is 38.9 Å². The van der Waals surface area contributed by atoms with Crippen LogP contribution in [-0.4, -0.2) is 41.5 Å². The number of anilines is 1. The van der Waals surface area contributed by atoms with Crippen LogP contribution in [0.5, 0.6) is 0 Å². The van der Waals surface area contributed by atoms with Gasteiger partial charge in [0.15, 0.2) is 0 Å². The van der Waals surface area contributed by atoms with Crippen molar-refractivity contribution in [3.63, 3.8) is 0 Å². The Morgan fingerprint density at radius 2 is 2.11 bits per heavy atom. The van der Waals surface area contributed by atoms with Crippen LogP contribution in [0.2, 0.25) is 0 Å². The molecule has 2 aromatic rings. The number of aryl methyl sites for hydroxylation is 2. The Hall–Kier alpha value is -2.37. The molecule has 1 fully saturated rings. The zero-order chi connectivity index (χ0) is 20.6. The van der Waals surface area contributed by atoms with E-state index in [-0.39, 0.29) is 12.1 Å². The van der Waals surface area contributed by atoms with Gasteiger partial charge in [0.05, 0.1) is 17.4 Å². The molecule has 152 valence electrons. The Morgan fingerprint density at radius 1 is 1.39 bits per heavy atom. The summed E-state index contributed by atoms with van der Waals surface area (Å²) in [5, 5.41) is 6.65. The molecule has 1 aliphatic heterocycles. The first-order valence-corrected chi connectivity index (χ1v) is 10.1. The summed E-state index contributed by atoms with van der Waals surface area (Å²) in [5.74, 6) is -2.42. The van der Waals surface area contributed by atoms with Crippen molar-refractivity contribution in [3.8, 4) is 0 Å². The van der Waals surface area contributed by atoms with E-state index >= 15 is 0 Å². The molecule has 1 saturated heterocycles. The van der Waals surface area contributed by atoms with Crippen LogP contribution in [0.25, 0.3) is 0 Å². The predicted octanol–water partition coefficient (Wildman–Crippen LogP) is 1.71. The average molecular weight is 413 g/mol. The molecule has 8 nitrogen and oxygen atoms in total. The molecule has 1 aromatic carbocycles. The van der Waals surface area contributed by atoms with Crippen LogP contribution in [0.1, 0.15) is 30.6 Å². The number of nitrogens with zero attached hydrogens (tertiary/aromatic N) is 3. The first-order valence-electron chi connectivity index (χ1n) is 8.67. The molecule has 0 aliphatic carbocycles. The summed E-state index contributed by atoms with van der Waals surface area (Å²) >= 11 is 0.